The van der Waals surface area contributed by atoms with Gasteiger partial charge in [0.05, 0.1) is 25.3 Å². The molecule has 0 saturated heterocycles. The maximum absolute atomic E-state index is 11.9. The predicted octanol–water partition coefficient (Wildman–Crippen LogP) is 1.04. The first-order valence-electron chi connectivity index (χ1n) is 5.79. The molecule has 1 amide bonds. The van der Waals surface area contributed by atoms with Gasteiger partial charge in [0.1, 0.15) is 5.78 Å². The van der Waals surface area contributed by atoms with Gasteiger partial charge in [-0.2, -0.15) is 0 Å². The van der Waals surface area contributed by atoms with Crippen LogP contribution >= 0.6 is 0 Å². The number of nitrogens with zero attached hydrogens (tertiary/aromatic N) is 2. The van der Waals surface area contributed by atoms with E-state index in [-0.39, 0.29) is 18.1 Å². The molecule has 1 heterocycles. The maximum atomic E-state index is 11.9. The van der Waals surface area contributed by atoms with E-state index in [9.17, 15) is 9.59 Å². The molecule has 0 unspecified atom stereocenters. The van der Waals surface area contributed by atoms with Crippen molar-refractivity contribution in [3.63, 3.8) is 0 Å². The number of ether oxygens (including phenoxy) is 1. The average molecular weight is 250 g/mol. The second-order valence-corrected chi connectivity index (χ2v) is 4.01. The number of hydrogen-bond acceptors (Lipinski definition) is 4. The minimum Gasteiger partial charge on any atom is -0.383 e. The zero-order chi connectivity index (χ0) is 13.4. The number of aromatic nitrogens is 1. The number of Topliss-reactive ketones (excluding diaryl/α,β-unsaturated/α-hetero) is 1. The van der Waals surface area contributed by atoms with Gasteiger partial charge in [0.2, 0.25) is 5.91 Å². The Labute approximate surface area is 107 Å². The molecule has 0 spiro atoms. The molecule has 0 N–H and O–H groups in total. The highest BCUT2D eigenvalue weighted by Crippen LogP contribution is 2.04. The summed E-state index contributed by atoms with van der Waals surface area (Å²) < 4.78 is 4.97. The van der Waals surface area contributed by atoms with Gasteiger partial charge in [-0.05, 0) is 19.1 Å². The average Bonchev–Trinajstić information content (AvgIpc) is 2.34. The van der Waals surface area contributed by atoms with Gasteiger partial charge >= 0.3 is 0 Å². The van der Waals surface area contributed by atoms with E-state index in [0.717, 1.165) is 5.69 Å². The number of carbonyl (C=O) groups is 2. The Morgan fingerprint density at radius 1 is 1.39 bits per heavy atom. The molecule has 1 aromatic heterocycles. The fourth-order valence-electron chi connectivity index (χ4n) is 1.51. The number of methoxy groups -OCH3 is 1. The monoisotopic (exact) mass is 250 g/mol. The molecule has 0 bridgehead atoms. The molecule has 0 radical (unpaired) electrons. The first-order valence-corrected chi connectivity index (χ1v) is 5.79. The van der Waals surface area contributed by atoms with Crippen LogP contribution in [0.4, 0.5) is 0 Å². The third-order valence-corrected chi connectivity index (χ3v) is 2.40. The van der Waals surface area contributed by atoms with Gasteiger partial charge in [0.25, 0.3) is 0 Å². The Bertz CT molecular complexity index is 392. The summed E-state index contributed by atoms with van der Waals surface area (Å²) in [4.78, 5) is 28.6. The van der Waals surface area contributed by atoms with Crippen LogP contribution < -0.4 is 0 Å². The molecule has 0 atom stereocenters. The van der Waals surface area contributed by atoms with E-state index in [1.807, 2.05) is 18.2 Å². The summed E-state index contributed by atoms with van der Waals surface area (Å²) in [5.41, 5.74) is 0.797. The zero-order valence-corrected chi connectivity index (χ0v) is 10.8. The molecule has 0 fully saturated rings. The quantitative estimate of drug-likeness (QED) is 0.678. The zero-order valence-electron chi connectivity index (χ0n) is 10.8. The van der Waals surface area contributed by atoms with Gasteiger partial charge < -0.3 is 9.64 Å². The molecular weight excluding hydrogens is 232 g/mol. The molecule has 0 aliphatic heterocycles. The lowest BCUT2D eigenvalue weighted by Crippen LogP contribution is -2.34. The third-order valence-electron chi connectivity index (χ3n) is 2.40. The molecule has 1 rings (SSSR count). The Morgan fingerprint density at radius 2 is 2.17 bits per heavy atom. The number of pyridine rings is 1. The first-order chi connectivity index (χ1) is 8.63. The van der Waals surface area contributed by atoms with E-state index in [1.165, 1.54) is 6.92 Å². The lowest BCUT2D eigenvalue weighted by molar-refractivity contribution is -0.135. The van der Waals surface area contributed by atoms with Crippen molar-refractivity contribution in [3.8, 4) is 0 Å². The smallest absolute Gasteiger partial charge is 0.230 e. The predicted molar refractivity (Wildman–Crippen MR) is 66.8 cm³/mol. The van der Waals surface area contributed by atoms with Gasteiger partial charge in [-0.1, -0.05) is 6.07 Å². The Hall–Kier alpha value is -1.75. The highest BCUT2D eigenvalue weighted by atomic mass is 16.5. The first kappa shape index (κ1) is 14.3. The largest absolute Gasteiger partial charge is 0.383 e. The molecule has 5 nitrogen and oxygen atoms in total. The van der Waals surface area contributed by atoms with Crippen molar-refractivity contribution < 1.29 is 14.3 Å². The topological polar surface area (TPSA) is 59.5 Å². The molecule has 18 heavy (non-hydrogen) atoms. The number of ketones is 1. The molecule has 98 valence electrons. The molecule has 1 aromatic rings. The Morgan fingerprint density at radius 3 is 2.72 bits per heavy atom. The van der Waals surface area contributed by atoms with Crippen molar-refractivity contribution in [2.24, 2.45) is 0 Å². The van der Waals surface area contributed by atoms with Crippen molar-refractivity contribution in [2.75, 3.05) is 20.3 Å². The second-order valence-electron chi connectivity index (χ2n) is 4.01. The molecule has 0 aromatic carbocycles. The summed E-state index contributed by atoms with van der Waals surface area (Å²) in [6, 6.07) is 5.54. The molecule has 5 heteroatoms. The molecule has 0 aliphatic rings. The number of carbonyl (C=O) groups excluding carboxylic acids is 2. The maximum Gasteiger partial charge on any atom is 0.230 e. The van der Waals surface area contributed by atoms with E-state index in [4.69, 9.17) is 4.74 Å². The van der Waals surface area contributed by atoms with Crippen molar-refractivity contribution in [1.29, 1.82) is 0 Å². The van der Waals surface area contributed by atoms with Crippen LogP contribution in [0.15, 0.2) is 24.4 Å². The summed E-state index contributed by atoms with van der Waals surface area (Å²) in [6.07, 6.45) is 1.61. The summed E-state index contributed by atoms with van der Waals surface area (Å²) in [6.45, 7) is 2.71. The van der Waals surface area contributed by atoms with Crippen LogP contribution in [-0.2, 0) is 20.9 Å². The number of amides is 1. The van der Waals surface area contributed by atoms with Gasteiger partial charge in [0, 0.05) is 19.9 Å². The summed E-state index contributed by atoms with van der Waals surface area (Å²) >= 11 is 0. The van der Waals surface area contributed by atoms with E-state index in [0.29, 0.717) is 19.7 Å². The Kier molecular flexibility index (Phi) is 6.00. The summed E-state index contributed by atoms with van der Waals surface area (Å²) in [5, 5.41) is 0. The lowest BCUT2D eigenvalue weighted by Gasteiger charge is -2.21. The van der Waals surface area contributed by atoms with E-state index in [1.54, 1.807) is 18.2 Å². The van der Waals surface area contributed by atoms with E-state index >= 15 is 0 Å². The van der Waals surface area contributed by atoms with Crippen LogP contribution in [0.5, 0.6) is 0 Å². The summed E-state index contributed by atoms with van der Waals surface area (Å²) in [5.74, 6) is -0.325. The van der Waals surface area contributed by atoms with Crippen molar-refractivity contribution in [1.82, 2.24) is 9.88 Å². The highest BCUT2D eigenvalue weighted by Gasteiger charge is 2.15. The van der Waals surface area contributed by atoms with Crippen LogP contribution in [0.2, 0.25) is 0 Å². The summed E-state index contributed by atoms with van der Waals surface area (Å²) in [7, 11) is 1.58. The fraction of sp³-hybridized carbons (Fsp3) is 0.462. The SMILES string of the molecule is COCCN(Cc1ccccn1)C(=O)CC(C)=O. The molecular formula is C13H18N2O3. The minimum atomic E-state index is -0.190. The molecule has 0 saturated carbocycles. The number of hydrogen-bond donors (Lipinski definition) is 0. The third kappa shape index (κ3) is 5.05. The molecule has 0 aliphatic carbocycles. The highest BCUT2D eigenvalue weighted by molar-refractivity contribution is 5.96. The van der Waals surface area contributed by atoms with Crippen LogP contribution in [0, 0.1) is 0 Å². The number of rotatable bonds is 7. The van der Waals surface area contributed by atoms with Crippen LogP contribution in [0.25, 0.3) is 0 Å². The van der Waals surface area contributed by atoms with Gasteiger partial charge in [-0.25, -0.2) is 0 Å². The fourth-order valence-corrected chi connectivity index (χ4v) is 1.51. The van der Waals surface area contributed by atoms with Gasteiger partial charge in [-0.15, -0.1) is 0 Å². The van der Waals surface area contributed by atoms with Gasteiger partial charge in [-0.3, -0.25) is 14.6 Å². The Balaban J connectivity index is 2.65. The van der Waals surface area contributed by atoms with Crippen molar-refractivity contribution in [2.45, 2.75) is 19.9 Å². The van der Waals surface area contributed by atoms with E-state index < -0.39 is 0 Å². The van der Waals surface area contributed by atoms with Crippen LogP contribution in [-0.4, -0.2) is 41.8 Å². The van der Waals surface area contributed by atoms with Crippen LogP contribution in [0.3, 0.4) is 0 Å². The van der Waals surface area contributed by atoms with Crippen molar-refractivity contribution >= 4 is 11.7 Å². The van der Waals surface area contributed by atoms with Crippen LogP contribution in [0.1, 0.15) is 19.0 Å². The van der Waals surface area contributed by atoms with E-state index in [2.05, 4.69) is 4.98 Å². The van der Waals surface area contributed by atoms with Crippen molar-refractivity contribution in [3.05, 3.63) is 30.1 Å². The normalized spacial score (nSPS) is 10.1. The lowest BCUT2D eigenvalue weighted by atomic mass is 10.2. The second kappa shape index (κ2) is 7.55. The van der Waals surface area contributed by atoms with Gasteiger partial charge in [0.15, 0.2) is 0 Å². The standard InChI is InChI=1S/C13H18N2O3/c1-11(16)9-13(17)15(7-8-18-2)10-12-5-3-4-6-14-12/h3-6H,7-10H2,1-2H3. The minimum absolute atomic E-state index is 0.0729.